The number of nitrogens with zero attached hydrogens (tertiary/aromatic N) is 1. The minimum atomic E-state index is 0.984. The van der Waals surface area contributed by atoms with Crippen LogP contribution in [0, 0.1) is 5.92 Å². The summed E-state index contributed by atoms with van der Waals surface area (Å²) in [4.78, 5) is 2.75. The smallest absolute Gasteiger partial charge is 0.00959 e. The Morgan fingerprint density at radius 3 is 3.00 bits per heavy atom. The van der Waals surface area contributed by atoms with Gasteiger partial charge in [0.25, 0.3) is 0 Å². The van der Waals surface area contributed by atoms with Crippen LogP contribution >= 0.6 is 0 Å². The predicted molar refractivity (Wildman–Crippen MR) is 56.8 cm³/mol. The van der Waals surface area contributed by atoms with Gasteiger partial charge in [-0.1, -0.05) is 19.8 Å². The molecule has 2 aliphatic rings. The minimum absolute atomic E-state index is 0.984. The maximum Gasteiger partial charge on any atom is 0.00959 e. The lowest BCUT2D eigenvalue weighted by atomic mass is 9.89. The Hall–Kier alpha value is -0.0400. The Labute approximate surface area is 82.5 Å². The van der Waals surface area contributed by atoms with Gasteiger partial charge in [-0.2, -0.15) is 0 Å². The first kappa shape index (κ1) is 9.51. The van der Waals surface area contributed by atoms with Gasteiger partial charge in [0.05, 0.1) is 0 Å². The van der Waals surface area contributed by atoms with Crippen molar-refractivity contribution in [3.05, 3.63) is 0 Å². The maximum absolute atomic E-state index is 2.75. The van der Waals surface area contributed by atoms with E-state index >= 15 is 0 Å². The molecule has 0 aromatic heterocycles. The van der Waals surface area contributed by atoms with E-state index in [1.54, 1.807) is 0 Å². The van der Waals surface area contributed by atoms with Gasteiger partial charge in [0.1, 0.15) is 0 Å². The molecule has 0 spiro atoms. The highest BCUT2D eigenvalue weighted by Crippen LogP contribution is 2.31. The lowest BCUT2D eigenvalue weighted by Gasteiger charge is -2.35. The van der Waals surface area contributed by atoms with E-state index in [2.05, 4.69) is 11.8 Å². The Balaban J connectivity index is 1.76. The molecule has 76 valence electrons. The van der Waals surface area contributed by atoms with E-state index in [-0.39, 0.29) is 0 Å². The number of hydrogen-bond donors (Lipinski definition) is 0. The third kappa shape index (κ3) is 2.25. The fraction of sp³-hybridized carbons (Fsp3) is 1.00. The molecule has 0 aromatic rings. The molecule has 0 aromatic carbocycles. The molecule has 2 fully saturated rings. The summed E-state index contributed by atoms with van der Waals surface area (Å²) >= 11 is 0. The molecule has 0 unspecified atom stereocenters. The molecule has 1 nitrogen and oxygen atoms in total. The summed E-state index contributed by atoms with van der Waals surface area (Å²) in [6.07, 6.45) is 10.3. The average molecular weight is 181 g/mol. The van der Waals surface area contributed by atoms with Crippen molar-refractivity contribution in [2.24, 2.45) is 5.92 Å². The van der Waals surface area contributed by atoms with Crippen LogP contribution in [-0.4, -0.2) is 24.0 Å². The molecular weight excluding hydrogens is 158 g/mol. The molecule has 13 heavy (non-hydrogen) atoms. The zero-order chi connectivity index (χ0) is 9.10. The molecule has 0 N–H and O–H groups in total. The fourth-order valence-corrected chi connectivity index (χ4v) is 3.04. The molecule has 2 aliphatic heterocycles. The second kappa shape index (κ2) is 4.45. The van der Waals surface area contributed by atoms with E-state index in [0.717, 1.165) is 12.0 Å². The van der Waals surface area contributed by atoms with Crippen LogP contribution in [0.1, 0.15) is 51.9 Å². The number of rotatable bonds is 3. The van der Waals surface area contributed by atoms with Gasteiger partial charge >= 0.3 is 0 Å². The van der Waals surface area contributed by atoms with Crippen LogP contribution in [0.3, 0.4) is 0 Å². The number of unbranched alkanes of at least 4 members (excludes halogenated alkanes) is 1. The number of hydrogen-bond acceptors (Lipinski definition) is 1. The standard InChI is InChI=1S/C12H23N/c1-2-3-5-11-7-8-12-6-4-9-13(12)10-11/h11-12H,2-10H2,1H3/t11-,12+/m0/s1. The molecule has 2 rings (SSSR count). The Morgan fingerprint density at radius 1 is 1.23 bits per heavy atom. The van der Waals surface area contributed by atoms with Gasteiger partial charge in [0.2, 0.25) is 0 Å². The molecule has 2 saturated heterocycles. The van der Waals surface area contributed by atoms with Crippen LogP contribution in [0.4, 0.5) is 0 Å². The molecule has 0 amide bonds. The van der Waals surface area contributed by atoms with Gasteiger partial charge in [0.15, 0.2) is 0 Å². The topological polar surface area (TPSA) is 3.24 Å². The number of piperidine rings is 1. The molecular formula is C12H23N. The third-order valence-electron chi connectivity index (χ3n) is 3.87. The van der Waals surface area contributed by atoms with Crippen LogP contribution in [-0.2, 0) is 0 Å². The SMILES string of the molecule is CCCC[C@H]1CC[C@H]2CCCN2C1. The summed E-state index contributed by atoms with van der Waals surface area (Å²) < 4.78 is 0. The summed E-state index contributed by atoms with van der Waals surface area (Å²) in [7, 11) is 0. The van der Waals surface area contributed by atoms with Crippen LogP contribution in [0.5, 0.6) is 0 Å². The van der Waals surface area contributed by atoms with Crippen LogP contribution in [0.15, 0.2) is 0 Å². The van der Waals surface area contributed by atoms with Crippen molar-refractivity contribution in [1.82, 2.24) is 4.90 Å². The van der Waals surface area contributed by atoms with Gasteiger partial charge in [-0.15, -0.1) is 0 Å². The van der Waals surface area contributed by atoms with E-state index in [0.29, 0.717) is 0 Å². The second-order valence-corrected chi connectivity index (χ2v) is 4.88. The Morgan fingerprint density at radius 2 is 2.15 bits per heavy atom. The Kier molecular flexibility index (Phi) is 3.26. The van der Waals surface area contributed by atoms with Crippen LogP contribution in [0.25, 0.3) is 0 Å². The highest BCUT2D eigenvalue weighted by molar-refractivity contribution is 4.85. The van der Waals surface area contributed by atoms with Crippen molar-refractivity contribution >= 4 is 0 Å². The minimum Gasteiger partial charge on any atom is -0.300 e. The van der Waals surface area contributed by atoms with Crippen molar-refractivity contribution in [2.75, 3.05) is 13.1 Å². The molecule has 2 heterocycles. The second-order valence-electron chi connectivity index (χ2n) is 4.88. The average Bonchev–Trinajstić information content (AvgIpc) is 2.61. The van der Waals surface area contributed by atoms with Crippen molar-refractivity contribution in [1.29, 1.82) is 0 Å². The van der Waals surface area contributed by atoms with E-state index in [4.69, 9.17) is 0 Å². The van der Waals surface area contributed by atoms with Gasteiger partial charge in [-0.25, -0.2) is 0 Å². The van der Waals surface area contributed by atoms with Crippen molar-refractivity contribution in [3.8, 4) is 0 Å². The lowest BCUT2D eigenvalue weighted by Crippen LogP contribution is -2.38. The first-order valence-electron chi connectivity index (χ1n) is 6.14. The van der Waals surface area contributed by atoms with Gasteiger partial charge in [0, 0.05) is 12.6 Å². The first-order valence-corrected chi connectivity index (χ1v) is 6.14. The van der Waals surface area contributed by atoms with E-state index < -0.39 is 0 Å². The third-order valence-corrected chi connectivity index (χ3v) is 3.87. The summed E-state index contributed by atoms with van der Waals surface area (Å²) in [6, 6.07) is 0.984. The van der Waals surface area contributed by atoms with Crippen molar-refractivity contribution in [2.45, 2.75) is 57.9 Å². The molecule has 0 aliphatic carbocycles. The number of fused-ring (bicyclic) bond motifs is 1. The van der Waals surface area contributed by atoms with Gasteiger partial charge in [-0.05, 0) is 44.6 Å². The zero-order valence-corrected chi connectivity index (χ0v) is 8.97. The van der Waals surface area contributed by atoms with Crippen LogP contribution in [0.2, 0.25) is 0 Å². The molecule has 0 radical (unpaired) electrons. The summed E-state index contributed by atoms with van der Waals surface area (Å²) in [6.45, 7) is 5.12. The van der Waals surface area contributed by atoms with Crippen LogP contribution < -0.4 is 0 Å². The highest BCUT2D eigenvalue weighted by Gasteiger charge is 2.30. The van der Waals surface area contributed by atoms with E-state index in [9.17, 15) is 0 Å². The van der Waals surface area contributed by atoms with Crippen molar-refractivity contribution < 1.29 is 0 Å². The van der Waals surface area contributed by atoms with E-state index in [1.807, 2.05) is 0 Å². The van der Waals surface area contributed by atoms with Gasteiger partial charge < -0.3 is 4.90 Å². The molecule has 0 bridgehead atoms. The first-order chi connectivity index (χ1) is 6.40. The summed E-state index contributed by atoms with van der Waals surface area (Å²) in [5.41, 5.74) is 0. The maximum atomic E-state index is 2.75. The largest absolute Gasteiger partial charge is 0.300 e. The predicted octanol–water partition coefficient (Wildman–Crippen LogP) is 3.05. The summed E-state index contributed by atoms with van der Waals surface area (Å²) in [5, 5.41) is 0. The Bertz CT molecular complexity index is 155. The van der Waals surface area contributed by atoms with Crippen molar-refractivity contribution in [3.63, 3.8) is 0 Å². The quantitative estimate of drug-likeness (QED) is 0.647. The normalized spacial score (nSPS) is 34.8. The molecule has 0 saturated carbocycles. The van der Waals surface area contributed by atoms with E-state index in [1.165, 1.54) is 58.0 Å². The molecule has 1 heteroatoms. The monoisotopic (exact) mass is 181 g/mol. The molecule has 2 atom stereocenters. The highest BCUT2D eigenvalue weighted by atomic mass is 15.2. The van der Waals surface area contributed by atoms with Gasteiger partial charge in [-0.3, -0.25) is 0 Å². The zero-order valence-electron chi connectivity index (χ0n) is 8.97. The fourth-order valence-electron chi connectivity index (χ4n) is 3.04. The summed E-state index contributed by atoms with van der Waals surface area (Å²) in [5.74, 6) is 1.04. The lowest BCUT2D eigenvalue weighted by molar-refractivity contribution is 0.141.